The third-order valence-electron chi connectivity index (χ3n) is 3.14. The van der Waals surface area contributed by atoms with Crippen molar-refractivity contribution in [2.75, 3.05) is 7.11 Å². The molecule has 1 aromatic rings. The van der Waals surface area contributed by atoms with Gasteiger partial charge in [-0.15, -0.1) is 0 Å². The number of hydrogen-bond donors (Lipinski definition) is 1. The van der Waals surface area contributed by atoms with Crippen molar-refractivity contribution in [3.63, 3.8) is 0 Å². The molecule has 96 valence electrons. The number of rotatable bonds is 5. The Morgan fingerprint density at radius 1 is 1.29 bits per heavy atom. The Labute approximate surface area is 100 Å². The fourth-order valence-electron chi connectivity index (χ4n) is 1.96. The van der Waals surface area contributed by atoms with Crippen LogP contribution >= 0.6 is 0 Å². The van der Waals surface area contributed by atoms with Gasteiger partial charge in [-0.1, -0.05) is 19.1 Å². The Morgan fingerprint density at radius 3 is 2.18 bits per heavy atom. The van der Waals surface area contributed by atoms with Crippen molar-refractivity contribution in [1.29, 1.82) is 0 Å². The van der Waals surface area contributed by atoms with E-state index in [1.807, 2.05) is 0 Å². The van der Waals surface area contributed by atoms with Crippen molar-refractivity contribution in [3.05, 3.63) is 29.8 Å². The highest BCUT2D eigenvalue weighted by molar-refractivity contribution is 5.31. The average molecular weight is 244 g/mol. The van der Waals surface area contributed by atoms with Gasteiger partial charge in [0.1, 0.15) is 5.75 Å². The minimum atomic E-state index is -2.54. The molecule has 0 aliphatic carbocycles. The van der Waals surface area contributed by atoms with Crippen molar-refractivity contribution in [2.24, 2.45) is 5.92 Å². The molecular formula is C13H18F2O2. The Balaban J connectivity index is 3.01. The zero-order valence-corrected chi connectivity index (χ0v) is 10.3. The molecule has 4 heteroatoms. The van der Waals surface area contributed by atoms with Crippen LogP contribution in [0.1, 0.15) is 25.8 Å². The number of alkyl halides is 2. The van der Waals surface area contributed by atoms with Crippen LogP contribution < -0.4 is 4.74 Å². The van der Waals surface area contributed by atoms with Gasteiger partial charge in [-0.25, -0.2) is 8.78 Å². The van der Waals surface area contributed by atoms with Gasteiger partial charge in [-0.2, -0.15) is 0 Å². The number of ether oxygens (including phenoxy) is 1. The molecule has 0 fully saturated rings. The van der Waals surface area contributed by atoms with Gasteiger partial charge in [0.25, 0.3) is 0 Å². The van der Waals surface area contributed by atoms with Crippen LogP contribution in [0.25, 0.3) is 0 Å². The second-order valence-electron chi connectivity index (χ2n) is 4.23. The van der Waals surface area contributed by atoms with Crippen molar-refractivity contribution < 1.29 is 18.6 Å². The first-order valence-corrected chi connectivity index (χ1v) is 5.58. The van der Waals surface area contributed by atoms with Gasteiger partial charge in [0.05, 0.1) is 18.6 Å². The maximum absolute atomic E-state index is 12.8. The van der Waals surface area contributed by atoms with E-state index in [-0.39, 0.29) is 6.42 Å². The SMILES string of the molecule is CCC(C(F)F)C(C)(O)c1ccc(OC)cc1. The van der Waals surface area contributed by atoms with E-state index in [1.54, 1.807) is 31.2 Å². The summed E-state index contributed by atoms with van der Waals surface area (Å²) in [5.74, 6) is -0.439. The van der Waals surface area contributed by atoms with Gasteiger partial charge in [0, 0.05) is 0 Å². The van der Waals surface area contributed by atoms with Crippen LogP contribution in [0.4, 0.5) is 8.78 Å². The second-order valence-corrected chi connectivity index (χ2v) is 4.23. The number of aliphatic hydroxyl groups is 1. The van der Waals surface area contributed by atoms with Crippen LogP contribution in [0.5, 0.6) is 5.75 Å². The van der Waals surface area contributed by atoms with Crippen molar-refractivity contribution >= 4 is 0 Å². The lowest BCUT2D eigenvalue weighted by Gasteiger charge is -2.32. The molecule has 0 aliphatic rings. The molecular weight excluding hydrogens is 226 g/mol. The highest BCUT2D eigenvalue weighted by Gasteiger charge is 2.38. The normalized spacial score (nSPS) is 16.6. The van der Waals surface area contributed by atoms with Crippen LogP contribution in [-0.4, -0.2) is 18.6 Å². The topological polar surface area (TPSA) is 29.5 Å². The van der Waals surface area contributed by atoms with Crippen LogP contribution in [0.15, 0.2) is 24.3 Å². The summed E-state index contributed by atoms with van der Waals surface area (Å²) in [4.78, 5) is 0. The van der Waals surface area contributed by atoms with E-state index >= 15 is 0 Å². The fourth-order valence-corrected chi connectivity index (χ4v) is 1.96. The van der Waals surface area contributed by atoms with Gasteiger partial charge < -0.3 is 9.84 Å². The first kappa shape index (κ1) is 13.9. The van der Waals surface area contributed by atoms with Crippen LogP contribution in [0.2, 0.25) is 0 Å². The smallest absolute Gasteiger partial charge is 0.244 e. The summed E-state index contributed by atoms with van der Waals surface area (Å²) >= 11 is 0. The molecule has 1 rings (SSSR count). The number of hydrogen-bond acceptors (Lipinski definition) is 2. The summed E-state index contributed by atoms with van der Waals surface area (Å²) in [6, 6.07) is 6.54. The molecule has 1 N–H and O–H groups in total. The summed E-state index contributed by atoms with van der Waals surface area (Å²) in [5, 5.41) is 10.3. The number of methoxy groups -OCH3 is 1. The van der Waals surface area contributed by atoms with Gasteiger partial charge in [0.15, 0.2) is 0 Å². The predicted molar refractivity (Wildman–Crippen MR) is 62.3 cm³/mol. The highest BCUT2D eigenvalue weighted by atomic mass is 19.3. The van der Waals surface area contributed by atoms with Crippen LogP contribution in [-0.2, 0) is 5.60 Å². The quantitative estimate of drug-likeness (QED) is 0.862. The summed E-state index contributed by atoms with van der Waals surface area (Å²) < 4.78 is 30.7. The Kier molecular flexibility index (Phi) is 4.46. The molecule has 1 aromatic carbocycles. The van der Waals surface area contributed by atoms with E-state index in [0.29, 0.717) is 11.3 Å². The maximum atomic E-state index is 12.8. The zero-order valence-electron chi connectivity index (χ0n) is 10.3. The van der Waals surface area contributed by atoms with Crippen LogP contribution in [0.3, 0.4) is 0 Å². The van der Waals surface area contributed by atoms with Gasteiger partial charge >= 0.3 is 0 Å². The van der Waals surface area contributed by atoms with Crippen molar-refractivity contribution in [1.82, 2.24) is 0 Å². The molecule has 0 aromatic heterocycles. The van der Waals surface area contributed by atoms with E-state index < -0.39 is 17.9 Å². The molecule has 0 aliphatic heterocycles. The van der Waals surface area contributed by atoms with Crippen LogP contribution in [0, 0.1) is 5.92 Å². The summed E-state index contributed by atoms with van der Waals surface area (Å²) in [6.45, 7) is 3.07. The lowest BCUT2D eigenvalue weighted by Crippen LogP contribution is -2.36. The van der Waals surface area contributed by atoms with E-state index in [2.05, 4.69) is 0 Å². The second kappa shape index (κ2) is 5.45. The average Bonchev–Trinajstić information content (AvgIpc) is 2.29. The third-order valence-corrected chi connectivity index (χ3v) is 3.14. The predicted octanol–water partition coefficient (Wildman–Crippen LogP) is 3.19. The first-order valence-electron chi connectivity index (χ1n) is 5.58. The molecule has 0 radical (unpaired) electrons. The largest absolute Gasteiger partial charge is 0.497 e. The summed E-state index contributed by atoms with van der Waals surface area (Å²) in [6.07, 6.45) is -2.33. The number of benzene rings is 1. The molecule has 2 atom stereocenters. The van der Waals surface area contributed by atoms with E-state index in [1.165, 1.54) is 14.0 Å². The molecule has 17 heavy (non-hydrogen) atoms. The van der Waals surface area contributed by atoms with E-state index in [0.717, 1.165) is 0 Å². The summed E-state index contributed by atoms with van der Waals surface area (Å²) in [5.41, 5.74) is -1.06. The standard InChI is InChI=1S/C13H18F2O2/c1-4-11(12(14)15)13(2,16)9-5-7-10(17-3)8-6-9/h5-8,11-12,16H,4H2,1-3H3. The lowest BCUT2D eigenvalue weighted by molar-refractivity contribution is -0.0798. The molecule has 0 saturated carbocycles. The Bertz CT molecular complexity index is 347. The summed E-state index contributed by atoms with van der Waals surface area (Å²) in [7, 11) is 1.53. The van der Waals surface area contributed by atoms with E-state index in [9.17, 15) is 13.9 Å². The molecule has 0 amide bonds. The Morgan fingerprint density at radius 2 is 1.82 bits per heavy atom. The zero-order chi connectivity index (χ0) is 13.1. The van der Waals surface area contributed by atoms with Gasteiger partial charge in [-0.05, 0) is 31.0 Å². The van der Waals surface area contributed by atoms with Gasteiger partial charge in [0.2, 0.25) is 6.43 Å². The maximum Gasteiger partial charge on any atom is 0.244 e. The lowest BCUT2D eigenvalue weighted by atomic mass is 9.81. The van der Waals surface area contributed by atoms with Crippen molar-refractivity contribution in [2.45, 2.75) is 32.3 Å². The van der Waals surface area contributed by atoms with Crippen molar-refractivity contribution in [3.8, 4) is 5.75 Å². The number of halogens is 2. The molecule has 2 unspecified atom stereocenters. The molecule has 2 nitrogen and oxygen atoms in total. The minimum absolute atomic E-state index is 0.219. The molecule has 0 heterocycles. The highest BCUT2D eigenvalue weighted by Crippen LogP contribution is 2.36. The molecule has 0 bridgehead atoms. The molecule has 0 spiro atoms. The minimum Gasteiger partial charge on any atom is -0.497 e. The molecule has 0 saturated heterocycles. The Hall–Kier alpha value is -1.16. The first-order chi connectivity index (χ1) is 7.93. The monoisotopic (exact) mass is 244 g/mol. The third kappa shape index (κ3) is 2.94. The van der Waals surface area contributed by atoms with Gasteiger partial charge in [-0.3, -0.25) is 0 Å². The van der Waals surface area contributed by atoms with E-state index in [4.69, 9.17) is 4.74 Å². The fraction of sp³-hybridized carbons (Fsp3) is 0.538.